The van der Waals surface area contributed by atoms with Crippen molar-refractivity contribution in [3.63, 3.8) is 0 Å². The lowest BCUT2D eigenvalue weighted by Gasteiger charge is -2.31. The van der Waals surface area contributed by atoms with Gasteiger partial charge >= 0.3 is 0 Å². The Morgan fingerprint density at radius 2 is 2.08 bits per heavy atom. The molecule has 0 aliphatic carbocycles. The molecule has 7 nitrogen and oxygen atoms in total. The van der Waals surface area contributed by atoms with E-state index >= 15 is 0 Å². The number of amides is 1. The van der Waals surface area contributed by atoms with E-state index in [4.69, 9.17) is 0 Å². The van der Waals surface area contributed by atoms with Gasteiger partial charge in [0.05, 0.1) is 0 Å². The molecule has 2 aromatic rings. The van der Waals surface area contributed by atoms with Gasteiger partial charge in [-0.25, -0.2) is 9.50 Å². The van der Waals surface area contributed by atoms with Gasteiger partial charge in [-0.2, -0.15) is 0 Å². The van der Waals surface area contributed by atoms with E-state index in [-0.39, 0.29) is 42.2 Å². The first-order chi connectivity index (χ1) is 10.5. The number of aromatic amines is 1. The number of carbonyl (C=O) groups is 1. The van der Waals surface area contributed by atoms with Gasteiger partial charge in [-0.1, -0.05) is 6.92 Å². The van der Waals surface area contributed by atoms with E-state index in [1.165, 1.54) is 6.07 Å². The Hall–Kier alpha value is -1.57. The smallest absolute Gasteiger partial charge is 0.266 e. The van der Waals surface area contributed by atoms with Gasteiger partial charge in [0.15, 0.2) is 5.65 Å². The summed E-state index contributed by atoms with van der Waals surface area (Å²) >= 11 is 0. The minimum Gasteiger partial charge on any atom is -0.352 e. The number of hydrogen-bond acceptors (Lipinski definition) is 4. The van der Waals surface area contributed by atoms with Crippen molar-refractivity contribution in [2.75, 3.05) is 13.1 Å². The Morgan fingerprint density at radius 1 is 1.42 bits per heavy atom. The summed E-state index contributed by atoms with van der Waals surface area (Å²) in [7, 11) is 0. The Bertz CT molecular complexity index is 782. The van der Waals surface area contributed by atoms with Gasteiger partial charge in [-0.15, -0.1) is 24.8 Å². The van der Waals surface area contributed by atoms with Crippen molar-refractivity contribution in [3.05, 3.63) is 33.4 Å². The van der Waals surface area contributed by atoms with E-state index in [0.29, 0.717) is 18.1 Å². The number of aromatic nitrogens is 3. The van der Waals surface area contributed by atoms with E-state index < -0.39 is 0 Å². The van der Waals surface area contributed by atoms with Crippen molar-refractivity contribution in [2.24, 2.45) is 11.8 Å². The van der Waals surface area contributed by atoms with E-state index in [0.717, 1.165) is 30.0 Å². The lowest BCUT2D eigenvalue weighted by atomic mass is 9.88. The van der Waals surface area contributed by atoms with Crippen molar-refractivity contribution < 1.29 is 4.79 Å². The number of nitrogens with one attached hydrogen (secondary N) is 3. The van der Waals surface area contributed by atoms with Gasteiger partial charge in [0.2, 0.25) is 5.91 Å². The Kier molecular flexibility index (Phi) is 6.83. The number of aryl methyl sites for hydroxylation is 2. The van der Waals surface area contributed by atoms with Crippen LogP contribution in [0.25, 0.3) is 5.65 Å². The molecule has 134 valence electrons. The first-order valence-electron chi connectivity index (χ1n) is 7.53. The van der Waals surface area contributed by atoms with Crippen LogP contribution in [0.4, 0.5) is 0 Å². The molecule has 1 unspecified atom stereocenters. The van der Waals surface area contributed by atoms with Crippen molar-refractivity contribution >= 4 is 36.4 Å². The summed E-state index contributed by atoms with van der Waals surface area (Å²) in [5.41, 5.74) is 3.08. The largest absolute Gasteiger partial charge is 0.352 e. The fraction of sp³-hybridized carbons (Fsp3) is 0.533. The second kappa shape index (κ2) is 8.00. The number of fused-ring (bicyclic) bond motifs is 1. The average Bonchev–Trinajstić information content (AvgIpc) is 2.76. The standard InChI is InChI=1S/C15H21N5O2.2ClH/c1-8(11-5-16-6-11)15(22)17-7-12-9(2)18-13-4-14(21)19-20(13)10(12)3;;/h4,8,11,16H,5-7H2,1-3H3,(H,17,22)(H,19,21);2*1H. The molecular weight excluding hydrogens is 353 g/mol. The molecule has 2 aromatic heterocycles. The predicted octanol–water partition coefficient (Wildman–Crippen LogP) is 0.955. The second-order valence-electron chi connectivity index (χ2n) is 6.00. The van der Waals surface area contributed by atoms with Crippen molar-refractivity contribution in [2.45, 2.75) is 27.3 Å². The van der Waals surface area contributed by atoms with Crippen LogP contribution in [0.15, 0.2) is 10.9 Å². The van der Waals surface area contributed by atoms with Crippen LogP contribution in [-0.2, 0) is 11.3 Å². The molecule has 1 aliphatic rings. The molecule has 1 fully saturated rings. The number of rotatable bonds is 4. The first-order valence-corrected chi connectivity index (χ1v) is 7.53. The number of nitrogens with zero attached hydrogens (tertiary/aromatic N) is 2. The number of hydrogen-bond donors (Lipinski definition) is 3. The van der Waals surface area contributed by atoms with Gasteiger partial charge in [0.25, 0.3) is 5.56 Å². The van der Waals surface area contributed by atoms with Crippen LogP contribution in [0.5, 0.6) is 0 Å². The molecule has 1 saturated heterocycles. The third-order valence-electron chi connectivity index (χ3n) is 4.58. The lowest BCUT2D eigenvalue weighted by molar-refractivity contribution is -0.126. The van der Waals surface area contributed by atoms with Crippen LogP contribution < -0.4 is 16.2 Å². The molecule has 0 radical (unpaired) electrons. The minimum absolute atomic E-state index is 0. The predicted molar refractivity (Wildman–Crippen MR) is 97.2 cm³/mol. The molecule has 0 aromatic carbocycles. The molecule has 1 amide bonds. The Labute approximate surface area is 152 Å². The summed E-state index contributed by atoms with van der Waals surface area (Å²) in [6.45, 7) is 8.01. The fourth-order valence-corrected chi connectivity index (χ4v) is 2.83. The molecule has 3 rings (SSSR count). The number of H-pyrrole nitrogens is 1. The zero-order valence-electron chi connectivity index (χ0n) is 13.9. The molecule has 0 spiro atoms. The SMILES string of the molecule is Cc1nc2cc(=O)[nH]n2c(C)c1CNC(=O)C(C)C1CNC1.Cl.Cl. The summed E-state index contributed by atoms with van der Waals surface area (Å²) in [6, 6.07) is 1.47. The molecule has 1 aliphatic heterocycles. The zero-order chi connectivity index (χ0) is 15.9. The maximum absolute atomic E-state index is 12.2. The van der Waals surface area contributed by atoms with Crippen molar-refractivity contribution in [3.8, 4) is 0 Å². The molecule has 0 saturated carbocycles. The summed E-state index contributed by atoms with van der Waals surface area (Å²) < 4.78 is 1.66. The third kappa shape index (κ3) is 3.74. The van der Waals surface area contributed by atoms with Crippen molar-refractivity contribution in [1.29, 1.82) is 0 Å². The van der Waals surface area contributed by atoms with Crippen LogP contribution in [0.3, 0.4) is 0 Å². The molecule has 9 heteroatoms. The van der Waals surface area contributed by atoms with Crippen molar-refractivity contribution in [1.82, 2.24) is 25.2 Å². The Morgan fingerprint density at radius 3 is 2.67 bits per heavy atom. The van der Waals surface area contributed by atoms with E-state index in [2.05, 4.69) is 20.7 Å². The molecule has 24 heavy (non-hydrogen) atoms. The summed E-state index contributed by atoms with van der Waals surface area (Å²) in [5, 5.41) is 8.89. The third-order valence-corrected chi connectivity index (χ3v) is 4.58. The van der Waals surface area contributed by atoms with Gasteiger partial charge < -0.3 is 10.6 Å². The van der Waals surface area contributed by atoms with E-state index in [1.807, 2.05) is 20.8 Å². The summed E-state index contributed by atoms with van der Waals surface area (Å²) in [5.74, 6) is 0.486. The minimum atomic E-state index is -0.178. The Balaban J connectivity index is 0.00000144. The van der Waals surface area contributed by atoms with E-state index in [1.54, 1.807) is 4.52 Å². The van der Waals surface area contributed by atoms with Gasteiger partial charge in [-0.05, 0) is 32.9 Å². The highest BCUT2D eigenvalue weighted by Gasteiger charge is 2.28. The maximum atomic E-state index is 12.2. The van der Waals surface area contributed by atoms with Crippen LogP contribution >= 0.6 is 24.8 Å². The molecule has 0 bridgehead atoms. The monoisotopic (exact) mass is 375 g/mol. The summed E-state index contributed by atoms with van der Waals surface area (Å²) in [6.07, 6.45) is 0. The second-order valence-corrected chi connectivity index (χ2v) is 6.00. The highest BCUT2D eigenvalue weighted by molar-refractivity contribution is 5.85. The highest BCUT2D eigenvalue weighted by Crippen LogP contribution is 2.17. The normalized spacial score (nSPS) is 15.1. The van der Waals surface area contributed by atoms with Gasteiger partial charge in [-0.3, -0.25) is 14.7 Å². The summed E-state index contributed by atoms with van der Waals surface area (Å²) in [4.78, 5) is 28.1. The average molecular weight is 376 g/mol. The number of halogens is 2. The molecular formula is C15H23Cl2N5O2. The highest BCUT2D eigenvalue weighted by atomic mass is 35.5. The topological polar surface area (TPSA) is 91.3 Å². The van der Waals surface area contributed by atoms with Crippen LogP contribution in [0.2, 0.25) is 0 Å². The van der Waals surface area contributed by atoms with Crippen LogP contribution in [-0.4, -0.2) is 33.6 Å². The zero-order valence-corrected chi connectivity index (χ0v) is 15.5. The maximum Gasteiger partial charge on any atom is 0.266 e. The van der Waals surface area contributed by atoms with Gasteiger partial charge in [0.1, 0.15) is 0 Å². The van der Waals surface area contributed by atoms with E-state index in [9.17, 15) is 9.59 Å². The fourth-order valence-electron chi connectivity index (χ4n) is 2.83. The molecule has 3 N–H and O–H groups in total. The van der Waals surface area contributed by atoms with Crippen LogP contribution in [0.1, 0.15) is 23.9 Å². The molecule has 1 atom stereocenters. The number of carbonyl (C=O) groups excluding carboxylic acids is 1. The van der Waals surface area contributed by atoms with Gasteiger partial charge in [0, 0.05) is 35.5 Å². The van der Waals surface area contributed by atoms with Crippen LogP contribution in [0, 0.1) is 25.7 Å². The quantitative estimate of drug-likeness (QED) is 0.741. The first kappa shape index (κ1) is 20.5. The molecule has 3 heterocycles. The lowest BCUT2D eigenvalue weighted by Crippen LogP contribution is -2.49.